The topological polar surface area (TPSA) is 80.4 Å². The quantitative estimate of drug-likeness (QED) is 0.785. The van der Waals surface area contributed by atoms with E-state index in [1.165, 1.54) is 0 Å². The molecule has 0 aliphatic rings. The van der Waals surface area contributed by atoms with E-state index in [1.807, 2.05) is 19.1 Å². The lowest BCUT2D eigenvalue weighted by atomic mass is 10.2. The largest absolute Gasteiger partial charge is 0.480 e. The van der Waals surface area contributed by atoms with Gasteiger partial charge in [-0.25, -0.2) is 0 Å². The summed E-state index contributed by atoms with van der Waals surface area (Å²) in [5.74, 6) is -1.19. The predicted octanol–water partition coefficient (Wildman–Crippen LogP) is 0.515. The Balaban J connectivity index is 2.69. The van der Waals surface area contributed by atoms with Crippen molar-refractivity contribution < 1.29 is 14.1 Å². The van der Waals surface area contributed by atoms with Crippen molar-refractivity contribution in [2.75, 3.05) is 5.75 Å². The number of hydrogen-bond donors (Lipinski definition) is 2. The second kappa shape index (κ2) is 5.04. The van der Waals surface area contributed by atoms with Gasteiger partial charge in [-0.15, -0.1) is 0 Å². The molecule has 82 valence electrons. The molecule has 0 fully saturated rings. The highest BCUT2D eigenvalue weighted by molar-refractivity contribution is 7.85. The summed E-state index contributed by atoms with van der Waals surface area (Å²) in [7, 11) is -1.35. The minimum atomic E-state index is -1.35. The highest BCUT2D eigenvalue weighted by atomic mass is 32.2. The molecular formula is C10H13NO3S. The molecule has 5 heteroatoms. The lowest BCUT2D eigenvalue weighted by molar-refractivity contribution is -0.137. The van der Waals surface area contributed by atoms with Gasteiger partial charge in [0.2, 0.25) is 0 Å². The summed E-state index contributed by atoms with van der Waals surface area (Å²) in [6.45, 7) is 1.93. The zero-order chi connectivity index (χ0) is 11.4. The minimum Gasteiger partial charge on any atom is -0.480 e. The molecule has 0 aliphatic carbocycles. The second-order valence-corrected chi connectivity index (χ2v) is 4.77. The van der Waals surface area contributed by atoms with Crippen molar-refractivity contribution >= 4 is 16.8 Å². The maximum Gasteiger partial charge on any atom is 0.321 e. The molecule has 0 radical (unpaired) electrons. The molecule has 0 aromatic heterocycles. The predicted molar refractivity (Wildman–Crippen MR) is 58.1 cm³/mol. The van der Waals surface area contributed by atoms with Crippen molar-refractivity contribution in [2.24, 2.45) is 5.73 Å². The number of carboxylic acid groups (broad SMARTS) is 1. The number of benzene rings is 1. The summed E-state index contributed by atoms with van der Waals surface area (Å²) >= 11 is 0. The van der Waals surface area contributed by atoms with Crippen LogP contribution < -0.4 is 5.73 Å². The number of nitrogens with two attached hydrogens (primary N) is 1. The van der Waals surface area contributed by atoms with Gasteiger partial charge in [0, 0.05) is 4.90 Å². The summed E-state index contributed by atoms with van der Waals surface area (Å²) < 4.78 is 11.6. The monoisotopic (exact) mass is 227 g/mol. The fourth-order valence-corrected chi connectivity index (χ4v) is 2.12. The van der Waals surface area contributed by atoms with Gasteiger partial charge in [0.25, 0.3) is 0 Å². The first-order chi connectivity index (χ1) is 7.00. The summed E-state index contributed by atoms with van der Waals surface area (Å²) in [6.07, 6.45) is 0. The third-order valence-corrected chi connectivity index (χ3v) is 3.39. The Kier molecular flexibility index (Phi) is 3.99. The first kappa shape index (κ1) is 11.9. The second-order valence-electron chi connectivity index (χ2n) is 3.27. The minimum absolute atomic E-state index is 0.0571. The zero-order valence-corrected chi connectivity index (χ0v) is 9.16. The van der Waals surface area contributed by atoms with Gasteiger partial charge >= 0.3 is 5.97 Å². The van der Waals surface area contributed by atoms with E-state index in [-0.39, 0.29) is 5.75 Å². The fourth-order valence-electron chi connectivity index (χ4n) is 1.02. The van der Waals surface area contributed by atoms with E-state index in [2.05, 4.69) is 0 Å². The number of aryl methyl sites for hydroxylation is 1. The lowest BCUT2D eigenvalue weighted by Gasteiger charge is -2.06. The van der Waals surface area contributed by atoms with Crippen LogP contribution in [0, 0.1) is 6.92 Å². The molecule has 3 N–H and O–H groups in total. The Morgan fingerprint density at radius 3 is 2.47 bits per heavy atom. The maximum atomic E-state index is 11.6. The Labute approximate surface area is 90.6 Å². The molecule has 2 unspecified atom stereocenters. The summed E-state index contributed by atoms with van der Waals surface area (Å²) in [6, 6.07) is 6.03. The van der Waals surface area contributed by atoms with Gasteiger partial charge < -0.3 is 10.8 Å². The number of carboxylic acids is 1. The Bertz CT molecular complexity index is 375. The van der Waals surface area contributed by atoms with Crippen molar-refractivity contribution in [3.05, 3.63) is 29.8 Å². The average Bonchev–Trinajstić information content (AvgIpc) is 2.18. The number of hydrogen-bond acceptors (Lipinski definition) is 3. The Hall–Kier alpha value is -1.20. The lowest BCUT2D eigenvalue weighted by Crippen LogP contribution is -2.35. The SMILES string of the molecule is Cc1ccc(S(=O)CC(N)C(=O)O)cc1. The van der Waals surface area contributed by atoms with Crippen LogP contribution in [0.25, 0.3) is 0 Å². The summed E-state index contributed by atoms with van der Waals surface area (Å²) in [5, 5.41) is 8.56. The summed E-state index contributed by atoms with van der Waals surface area (Å²) in [5.41, 5.74) is 6.36. The molecule has 15 heavy (non-hydrogen) atoms. The molecule has 2 atom stereocenters. The van der Waals surface area contributed by atoms with E-state index in [1.54, 1.807) is 12.1 Å². The van der Waals surface area contributed by atoms with Crippen LogP contribution in [-0.4, -0.2) is 27.1 Å². The number of aliphatic carboxylic acids is 1. The van der Waals surface area contributed by atoms with E-state index < -0.39 is 22.8 Å². The normalized spacial score (nSPS) is 14.5. The van der Waals surface area contributed by atoms with Crippen molar-refractivity contribution in [3.63, 3.8) is 0 Å². The average molecular weight is 227 g/mol. The van der Waals surface area contributed by atoms with Gasteiger partial charge in [0.15, 0.2) is 0 Å². The maximum absolute atomic E-state index is 11.6. The van der Waals surface area contributed by atoms with Crippen molar-refractivity contribution in [3.8, 4) is 0 Å². The molecule has 0 amide bonds. The third kappa shape index (κ3) is 3.45. The molecule has 0 saturated carbocycles. The highest BCUT2D eigenvalue weighted by Crippen LogP contribution is 2.08. The molecule has 1 rings (SSSR count). The zero-order valence-electron chi connectivity index (χ0n) is 8.34. The van der Waals surface area contributed by atoms with Crippen molar-refractivity contribution in [2.45, 2.75) is 17.9 Å². The van der Waals surface area contributed by atoms with Crippen LogP contribution in [0.5, 0.6) is 0 Å². The van der Waals surface area contributed by atoms with Gasteiger partial charge in [-0.3, -0.25) is 9.00 Å². The van der Waals surface area contributed by atoms with E-state index in [0.29, 0.717) is 4.90 Å². The molecule has 1 aromatic carbocycles. The first-order valence-electron chi connectivity index (χ1n) is 4.44. The molecule has 0 spiro atoms. The van der Waals surface area contributed by atoms with Crippen LogP contribution in [0.1, 0.15) is 5.56 Å². The Morgan fingerprint density at radius 2 is 2.00 bits per heavy atom. The van der Waals surface area contributed by atoms with Crippen LogP contribution >= 0.6 is 0 Å². The van der Waals surface area contributed by atoms with Gasteiger partial charge in [0.05, 0.1) is 16.6 Å². The number of rotatable bonds is 4. The smallest absolute Gasteiger partial charge is 0.321 e. The first-order valence-corrected chi connectivity index (χ1v) is 5.76. The van der Waals surface area contributed by atoms with Crippen LogP contribution in [0.2, 0.25) is 0 Å². The molecule has 0 bridgehead atoms. The van der Waals surface area contributed by atoms with Crippen molar-refractivity contribution in [1.29, 1.82) is 0 Å². The molecule has 4 nitrogen and oxygen atoms in total. The van der Waals surface area contributed by atoms with Gasteiger partial charge in [-0.1, -0.05) is 17.7 Å². The Morgan fingerprint density at radius 1 is 1.47 bits per heavy atom. The molecule has 0 saturated heterocycles. The molecule has 0 heterocycles. The van der Waals surface area contributed by atoms with E-state index in [4.69, 9.17) is 10.8 Å². The van der Waals surface area contributed by atoms with Crippen LogP contribution in [0.4, 0.5) is 0 Å². The van der Waals surface area contributed by atoms with E-state index in [0.717, 1.165) is 5.56 Å². The molecular weight excluding hydrogens is 214 g/mol. The fraction of sp³-hybridized carbons (Fsp3) is 0.300. The van der Waals surface area contributed by atoms with Gasteiger partial charge in [0.1, 0.15) is 6.04 Å². The van der Waals surface area contributed by atoms with E-state index in [9.17, 15) is 9.00 Å². The molecule has 0 aliphatic heterocycles. The standard InChI is InChI=1S/C10H13NO3S/c1-7-2-4-8(5-3-7)15(14)6-9(11)10(12)13/h2-5,9H,6,11H2,1H3,(H,12,13). The van der Waals surface area contributed by atoms with Crippen LogP contribution in [0.3, 0.4) is 0 Å². The highest BCUT2D eigenvalue weighted by Gasteiger charge is 2.16. The van der Waals surface area contributed by atoms with Gasteiger partial charge in [-0.05, 0) is 19.1 Å². The van der Waals surface area contributed by atoms with Crippen LogP contribution in [-0.2, 0) is 15.6 Å². The number of carbonyl (C=O) groups is 1. The summed E-state index contributed by atoms with van der Waals surface area (Å²) in [4.78, 5) is 11.1. The van der Waals surface area contributed by atoms with Gasteiger partial charge in [-0.2, -0.15) is 0 Å². The van der Waals surface area contributed by atoms with E-state index >= 15 is 0 Å². The molecule has 1 aromatic rings. The third-order valence-electron chi connectivity index (χ3n) is 1.93. The van der Waals surface area contributed by atoms with Crippen LogP contribution in [0.15, 0.2) is 29.2 Å². The van der Waals surface area contributed by atoms with Crippen molar-refractivity contribution in [1.82, 2.24) is 0 Å².